The standard InChI is InChI=1S/C20H20N2O4S/c1-21(15-17-11-8-14-26-17)20(23)18-12-6-7-13-19(18)27(24,25)22(2)16-9-4-3-5-10-16/h3-14H,15H2,1-2H3. The number of amides is 1. The van der Waals surface area contributed by atoms with Crippen LogP contribution in [0.15, 0.2) is 82.3 Å². The van der Waals surface area contributed by atoms with Crippen LogP contribution < -0.4 is 4.31 Å². The second-order valence-corrected chi connectivity index (χ2v) is 7.98. The highest BCUT2D eigenvalue weighted by Gasteiger charge is 2.28. The van der Waals surface area contributed by atoms with Crippen molar-refractivity contribution >= 4 is 21.6 Å². The number of hydrogen-bond donors (Lipinski definition) is 0. The molecule has 1 heterocycles. The van der Waals surface area contributed by atoms with Crippen LogP contribution in [0.25, 0.3) is 0 Å². The van der Waals surface area contributed by atoms with E-state index in [1.165, 1.54) is 34.6 Å². The monoisotopic (exact) mass is 384 g/mol. The van der Waals surface area contributed by atoms with E-state index < -0.39 is 15.9 Å². The Hall–Kier alpha value is -3.06. The Balaban J connectivity index is 1.94. The minimum Gasteiger partial charge on any atom is -0.467 e. The van der Waals surface area contributed by atoms with Gasteiger partial charge in [-0.15, -0.1) is 0 Å². The topological polar surface area (TPSA) is 70.8 Å². The molecule has 3 aromatic rings. The molecule has 1 amide bonds. The quantitative estimate of drug-likeness (QED) is 0.653. The zero-order chi connectivity index (χ0) is 19.4. The highest BCUT2D eigenvalue weighted by atomic mass is 32.2. The molecule has 0 N–H and O–H groups in total. The molecule has 2 aromatic carbocycles. The molecule has 0 aliphatic heterocycles. The van der Waals surface area contributed by atoms with Crippen LogP contribution in [-0.4, -0.2) is 33.3 Å². The van der Waals surface area contributed by atoms with E-state index >= 15 is 0 Å². The van der Waals surface area contributed by atoms with E-state index in [1.807, 2.05) is 6.07 Å². The normalized spacial score (nSPS) is 11.2. The third-order valence-corrected chi connectivity index (χ3v) is 6.04. The summed E-state index contributed by atoms with van der Waals surface area (Å²) in [4.78, 5) is 14.3. The molecule has 0 unspecified atom stereocenters. The SMILES string of the molecule is CN(Cc1ccco1)C(=O)c1ccccc1S(=O)(=O)N(C)c1ccccc1. The number of nitrogens with zero attached hydrogens (tertiary/aromatic N) is 2. The molecule has 0 radical (unpaired) electrons. The van der Waals surface area contributed by atoms with Crippen LogP contribution in [0.1, 0.15) is 16.1 Å². The van der Waals surface area contributed by atoms with Gasteiger partial charge < -0.3 is 9.32 Å². The number of furan rings is 1. The fourth-order valence-electron chi connectivity index (χ4n) is 2.71. The zero-order valence-electron chi connectivity index (χ0n) is 15.1. The molecule has 1 aromatic heterocycles. The maximum Gasteiger partial charge on any atom is 0.264 e. The van der Waals surface area contributed by atoms with Crippen LogP contribution in [0, 0.1) is 0 Å². The molecule has 0 spiro atoms. The fraction of sp³-hybridized carbons (Fsp3) is 0.150. The number of carbonyl (C=O) groups excluding carboxylic acids is 1. The van der Waals surface area contributed by atoms with Gasteiger partial charge in [0.05, 0.1) is 24.1 Å². The third kappa shape index (κ3) is 3.88. The molecule has 0 fully saturated rings. The van der Waals surface area contributed by atoms with E-state index in [1.54, 1.807) is 55.6 Å². The second kappa shape index (κ2) is 7.67. The minimum absolute atomic E-state index is 0.0346. The van der Waals surface area contributed by atoms with Crippen LogP contribution in [0.3, 0.4) is 0 Å². The summed E-state index contributed by atoms with van der Waals surface area (Å²) in [6.45, 7) is 0.245. The Morgan fingerprint density at radius 2 is 1.59 bits per heavy atom. The van der Waals surface area contributed by atoms with Crippen molar-refractivity contribution in [3.8, 4) is 0 Å². The molecule has 7 heteroatoms. The van der Waals surface area contributed by atoms with Crippen molar-refractivity contribution in [1.82, 2.24) is 4.90 Å². The van der Waals surface area contributed by atoms with E-state index in [4.69, 9.17) is 4.42 Å². The summed E-state index contributed by atoms with van der Waals surface area (Å²) in [6.07, 6.45) is 1.53. The first-order valence-electron chi connectivity index (χ1n) is 8.32. The maximum atomic E-state index is 13.1. The summed E-state index contributed by atoms with van der Waals surface area (Å²) in [5.41, 5.74) is 0.637. The first kappa shape index (κ1) is 18.7. The smallest absolute Gasteiger partial charge is 0.264 e. The number of sulfonamides is 1. The summed E-state index contributed by atoms with van der Waals surface area (Å²) < 4.78 is 32.7. The molecule has 0 bridgehead atoms. The van der Waals surface area contributed by atoms with E-state index in [2.05, 4.69) is 0 Å². The molecule has 0 aliphatic carbocycles. The van der Waals surface area contributed by atoms with E-state index in [0.717, 1.165) is 0 Å². The molecular formula is C20H20N2O4S. The molecule has 0 saturated carbocycles. The lowest BCUT2D eigenvalue weighted by Gasteiger charge is -2.22. The van der Waals surface area contributed by atoms with Crippen molar-refractivity contribution in [2.75, 3.05) is 18.4 Å². The summed E-state index contributed by atoms with van der Waals surface area (Å²) in [5, 5.41) is 0. The number of rotatable bonds is 6. The molecule has 140 valence electrons. The van der Waals surface area contributed by atoms with Crippen LogP contribution in [0.4, 0.5) is 5.69 Å². The van der Waals surface area contributed by atoms with Gasteiger partial charge in [0.1, 0.15) is 10.7 Å². The Labute approximate surface area is 158 Å². The Morgan fingerprint density at radius 3 is 2.26 bits per heavy atom. The summed E-state index contributed by atoms with van der Waals surface area (Å²) in [5.74, 6) is 0.222. The van der Waals surface area contributed by atoms with Crippen LogP contribution in [0.5, 0.6) is 0 Å². The minimum atomic E-state index is -3.90. The molecular weight excluding hydrogens is 364 g/mol. The maximum absolute atomic E-state index is 13.1. The van der Waals surface area contributed by atoms with Gasteiger partial charge in [-0.3, -0.25) is 9.10 Å². The molecule has 27 heavy (non-hydrogen) atoms. The van der Waals surface area contributed by atoms with Gasteiger partial charge in [-0.05, 0) is 36.4 Å². The Bertz CT molecular complexity index is 1020. The third-order valence-electron chi connectivity index (χ3n) is 4.20. The van der Waals surface area contributed by atoms with Gasteiger partial charge in [-0.2, -0.15) is 0 Å². The molecule has 0 atom stereocenters. The summed E-state index contributed by atoms with van der Waals surface area (Å²) in [7, 11) is -0.824. The van der Waals surface area contributed by atoms with Crippen molar-refractivity contribution in [2.45, 2.75) is 11.4 Å². The lowest BCUT2D eigenvalue weighted by Crippen LogP contribution is -2.31. The predicted molar refractivity (Wildman–Crippen MR) is 103 cm³/mol. The highest BCUT2D eigenvalue weighted by molar-refractivity contribution is 7.92. The first-order chi connectivity index (χ1) is 12.9. The molecule has 3 rings (SSSR count). The van der Waals surface area contributed by atoms with Gasteiger partial charge in [-0.25, -0.2) is 8.42 Å². The van der Waals surface area contributed by atoms with Gasteiger partial charge in [0, 0.05) is 14.1 Å². The van der Waals surface area contributed by atoms with Crippen molar-refractivity contribution in [2.24, 2.45) is 0 Å². The molecule has 0 aliphatic rings. The van der Waals surface area contributed by atoms with Crippen molar-refractivity contribution in [3.05, 3.63) is 84.3 Å². The average Bonchev–Trinajstić information content (AvgIpc) is 3.20. The van der Waals surface area contributed by atoms with Crippen LogP contribution in [-0.2, 0) is 16.6 Å². The predicted octanol–water partition coefficient (Wildman–Crippen LogP) is 3.38. The van der Waals surface area contributed by atoms with Gasteiger partial charge in [0.15, 0.2) is 0 Å². The van der Waals surface area contributed by atoms with Gasteiger partial charge in [0.2, 0.25) is 0 Å². The lowest BCUT2D eigenvalue weighted by atomic mass is 10.2. The van der Waals surface area contributed by atoms with Gasteiger partial charge in [-0.1, -0.05) is 30.3 Å². The summed E-state index contributed by atoms with van der Waals surface area (Å²) in [6, 6.07) is 18.4. The largest absolute Gasteiger partial charge is 0.467 e. The van der Waals surface area contributed by atoms with E-state index in [0.29, 0.717) is 11.4 Å². The number of hydrogen-bond acceptors (Lipinski definition) is 4. The number of anilines is 1. The van der Waals surface area contributed by atoms with Gasteiger partial charge >= 0.3 is 0 Å². The summed E-state index contributed by atoms with van der Waals surface area (Å²) >= 11 is 0. The van der Waals surface area contributed by atoms with Gasteiger partial charge in [0.25, 0.3) is 15.9 Å². The zero-order valence-corrected chi connectivity index (χ0v) is 15.9. The average molecular weight is 384 g/mol. The van der Waals surface area contributed by atoms with E-state index in [-0.39, 0.29) is 17.0 Å². The number of benzene rings is 2. The Morgan fingerprint density at radius 1 is 0.926 bits per heavy atom. The lowest BCUT2D eigenvalue weighted by molar-refractivity contribution is 0.0771. The Kier molecular flexibility index (Phi) is 5.32. The van der Waals surface area contributed by atoms with Crippen LogP contribution >= 0.6 is 0 Å². The van der Waals surface area contributed by atoms with Crippen molar-refractivity contribution in [1.29, 1.82) is 0 Å². The molecule has 0 saturated heterocycles. The first-order valence-corrected chi connectivity index (χ1v) is 9.76. The highest BCUT2D eigenvalue weighted by Crippen LogP contribution is 2.25. The number of para-hydroxylation sites is 1. The number of carbonyl (C=O) groups is 1. The van der Waals surface area contributed by atoms with Crippen LogP contribution in [0.2, 0.25) is 0 Å². The molecule has 6 nitrogen and oxygen atoms in total. The second-order valence-electron chi connectivity index (χ2n) is 6.04. The van der Waals surface area contributed by atoms with Crippen molar-refractivity contribution < 1.29 is 17.6 Å². The fourth-order valence-corrected chi connectivity index (χ4v) is 4.08. The van der Waals surface area contributed by atoms with E-state index in [9.17, 15) is 13.2 Å². The van der Waals surface area contributed by atoms with Crippen molar-refractivity contribution in [3.63, 3.8) is 0 Å².